The Hall–Kier alpha value is -3.08. The number of fused-ring (bicyclic) bond motifs is 5. The second-order valence-corrected chi connectivity index (χ2v) is 10.6. The molecule has 1 amide bonds. The fourth-order valence-electron chi connectivity index (χ4n) is 5.36. The summed E-state index contributed by atoms with van der Waals surface area (Å²) in [5, 5.41) is 3.32. The van der Waals surface area contributed by atoms with E-state index in [2.05, 4.69) is 22.2 Å². The number of hydrogen-bond donors (Lipinski definition) is 1. The predicted octanol–water partition coefficient (Wildman–Crippen LogP) is 3.25. The monoisotopic (exact) mass is 509 g/mol. The summed E-state index contributed by atoms with van der Waals surface area (Å²) in [6.07, 6.45) is 3.12. The van der Waals surface area contributed by atoms with Crippen LogP contribution in [0.15, 0.2) is 35.1 Å². The van der Waals surface area contributed by atoms with Gasteiger partial charge in [0.15, 0.2) is 5.65 Å². The van der Waals surface area contributed by atoms with Crippen molar-refractivity contribution in [2.24, 2.45) is 0 Å². The van der Waals surface area contributed by atoms with Crippen LogP contribution in [0, 0.1) is 5.82 Å². The average molecular weight is 510 g/mol. The summed E-state index contributed by atoms with van der Waals surface area (Å²) in [5.74, 6) is -0.0537. The maximum Gasteiger partial charge on any atom is 0.258 e. The van der Waals surface area contributed by atoms with Gasteiger partial charge in [0, 0.05) is 25.7 Å². The fraction of sp³-hybridized carbons (Fsp3) is 0.423. The zero-order valence-electron chi connectivity index (χ0n) is 20.1. The zero-order chi connectivity index (χ0) is 24.8. The van der Waals surface area contributed by atoms with Gasteiger partial charge >= 0.3 is 0 Å². The quantitative estimate of drug-likeness (QED) is 0.445. The molecule has 1 aromatic carbocycles. The van der Waals surface area contributed by atoms with E-state index in [0.29, 0.717) is 60.3 Å². The van der Waals surface area contributed by atoms with E-state index in [9.17, 15) is 14.0 Å². The number of anilines is 1. The predicted molar refractivity (Wildman–Crippen MR) is 140 cm³/mol. The number of ether oxygens (including phenoxy) is 1. The van der Waals surface area contributed by atoms with E-state index in [0.717, 1.165) is 29.9 Å². The second kappa shape index (κ2) is 9.42. The van der Waals surface area contributed by atoms with Gasteiger partial charge in [0.2, 0.25) is 5.43 Å². The summed E-state index contributed by atoms with van der Waals surface area (Å²) in [6, 6.07) is 8.50. The standard InChI is InChI=1S/C26H28FN5O3S/c1-30-10-2-3-17(30)8-9-28-25(34)22-23(33)18-5-7-21(31-11-13-35-14-12-31)29-24(18)32-19-15-16(27)4-6-20(19)36-26(22)32/h4-7,15,17H,2-3,8-14H2,1H3,(H,28,34). The Morgan fingerprint density at radius 2 is 2.06 bits per heavy atom. The minimum atomic E-state index is -0.399. The summed E-state index contributed by atoms with van der Waals surface area (Å²) in [5.41, 5.74) is 0.756. The minimum Gasteiger partial charge on any atom is -0.378 e. The van der Waals surface area contributed by atoms with Crippen LogP contribution in [0.25, 0.3) is 26.1 Å². The van der Waals surface area contributed by atoms with Gasteiger partial charge in [-0.1, -0.05) is 0 Å². The second-order valence-electron chi connectivity index (χ2n) is 9.52. The number of carbonyl (C=O) groups excluding carboxylic acids is 1. The lowest BCUT2D eigenvalue weighted by Crippen LogP contribution is -2.37. The van der Waals surface area contributed by atoms with Crippen LogP contribution in [-0.2, 0) is 4.74 Å². The van der Waals surface area contributed by atoms with Crippen molar-refractivity contribution in [2.75, 3.05) is 51.3 Å². The highest BCUT2D eigenvalue weighted by molar-refractivity contribution is 7.24. The molecule has 0 bridgehead atoms. The molecule has 0 aliphatic carbocycles. The molecule has 188 valence electrons. The number of pyridine rings is 2. The highest BCUT2D eigenvalue weighted by Gasteiger charge is 2.25. The van der Waals surface area contributed by atoms with Crippen molar-refractivity contribution in [3.05, 3.63) is 51.9 Å². The molecule has 6 rings (SSSR count). The highest BCUT2D eigenvalue weighted by atomic mass is 32.1. The Labute approximate surface area is 211 Å². The SMILES string of the molecule is CN1CCCC1CCNC(=O)c1c(=O)c2ccc(N3CCOCC3)nc2n2c1sc1ccc(F)cc12. The third-order valence-corrected chi connectivity index (χ3v) is 8.47. The van der Waals surface area contributed by atoms with Gasteiger partial charge in [0.05, 0.1) is 28.8 Å². The first-order valence-electron chi connectivity index (χ1n) is 12.4. The maximum absolute atomic E-state index is 14.3. The van der Waals surface area contributed by atoms with E-state index in [1.165, 1.54) is 29.9 Å². The zero-order valence-corrected chi connectivity index (χ0v) is 20.9. The van der Waals surface area contributed by atoms with Crippen molar-refractivity contribution >= 4 is 49.1 Å². The first-order valence-corrected chi connectivity index (χ1v) is 13.2. The van der Waals surface area contributed by atoms with Gasteiger partial charge in [-0.3, -0.25) is 14.0 Å². The summed E-state index contributed by atoms with van der Waals surface area (Å²) < 4.78 is 22.3. The number of morpholine rings is 1. The molecule has 0 saturated carbocycles. The number of amides is 1. The van der Waals surface area contributed by atoms with Crippen LogP contribution in [0.1, 0.15) is 29.6 Å². The number of aromatic nitrogens is 2. The molecule has 2 fully saturated rings. The van der Waals surface area contributed by atoms with Crippen LogP contribution >= 0.6 is 11.3 Å². The Bertz CT molecular complexity index is 1530. The van der Waals surface area contributed by atoms with E-state index in [-0.39, 0.29) is 16.8 Å². The van der Waals surface area contributed by atoms with E-state index >= 15 is 0 Å². The molecule has 3 aromatic heterocycles. The smallest absolute Gasteiger partial charge is 0.258 e. The Morgan fingerprint density at radius 3 is 2.83 bits per heavy atom. The topological polar surface area (TPSA) is 79.2 Å². The molecule has 1 atom stereocenters. The molecule has 2 aliphatic rings. The number of nitrogens with zero attached hydrogens (tertiary/aromatic N) is 4. The van der Waals surface area contributed by atoms with Gasteiger partial charge in [-0.2, -0.15) is 0 Å². The van der Waals surface area contributed by atoms with Gasteiger partial charge in [0.1, 0.15) is 22.0 Å². The molecule has 4 aromatic rings. The lowest BCUT2D eigenvalue weighted by Gasteiger charge is -2.28. The van der Waals surface area contributed by atoms with Crippen molar-refractivity contribution in [3.8, 4) is 0 Å². The maximum atomic E-state index is 14.3. The highest BCUT2D eigenvalue weighted by Crippen LogP contribution is 2.32. The number of thiazole rings is 1. The van der Waals surface area contributed by atoms with Crippen molar-refractivity contribution in [2.45, 2.75) is 25.3 Å². The molecule has 10 heteroatoms. The number of carbonyl (C=O) groups is 1. The van der Waals surface area contributed by atoms with Crippen molar-refractivity contribution in [3.63, 3.8) is 0 Å². The van der Waals surface area contributed by atoms with Gasteiger partial charge in [-0.15, -0.1) is 11.3 Å². The van der Waals surface area contributed by atoms with Gasteiger partial charge in [-0.05, 0) is 63.2 Å². The van der Waals surface area contributed by atoms with E-state index < -0.39 is 5.91 Å². The summed E-state index contributed by atoms with van der Waals surface area (Å²) >= 11 is 1.31. The molecule has 5 heterocycles. The Balaban J connectivity index is 1.47. The first-order chi connectivity index (χ1) is 17.5. The van der Waals surface area contributed by atoms with E-state index in [1.807, 2.05) is 6.07 Å². The fourth-order valence-corrected chi connectivity index (χ4v) is 6.52. The number of halogens is 1. The molecule has 0 radical (unpaired) electrons. The first kappa shape index (κ1) is 23.3. The summed E-state index contributed by atoms with van der Waals surface area (Å²) in [6.45, 7) is 4.18. The molecule has 36 heavy (non-hydrogen) atoms. The van der Waals surface area contributed by atoms with Crippen LogP contribution in [0.3, 0.4) is 0 Å². The van der Waals surface area contributed by atoms with Crippen LogP contribution in [0.2, 0.25) is 0 Å². The molecule has 1 N–H and O–H groups in total. The summed E-state index contributed by atoms with van der Waals surface area (Å²) in [4.78, 5) is 36.8. The van der Waals surface area contributed by atoms with Crippen LogP contribution in [0.4, 0.5) is 10.2 Å². The van der Waals surface area contributed by atoms with Gasteiger partial charge < -0.3 is 19.9 Å². The summed E-state index contributed by atoms with van der Waals surface area (Å²) in [7, 11) is 2.10. The number of hydrogen-bond acceptors (Lipinski definition) is 7. The minimum absolute atomic E-state index is 0.0878. The Morgan fingerprint density at radius 1 is 1.22 bits per heavy atom. The van der Waals surface area contributed by atoms with E-state index in [4.69, 9.17) is 9.72 Å². The normalized spacial score (nSPS) is 19.1. The van der Waals surface area contributed by atoms with Crippen molar-refractivity contribution in [1.29, 1.82) is 0 Å². The number of nitrogens with one attached hydrogen (secondary N) is 1. The molecular weight excluding hydrogens is 481 g/mol. The average Bonchev–Trinajstić information content (AvgIpc) is 3.47. The Kier molecular flexibility index (Phi) is 6.10. The largest absolute Gasteiger partial charge is 0.378 e. The third kappa shape index (κ3) is 4.03. The lowest BCUT2D eigenvalue weighted by molar-refractivity contribution is 0.0951. The third-order valence-electron chi connectivity index (χ3n) is 7.33. The molecule has 8 nitrogen and oxygen atoms in total. The van der Waals surface area contributed by atoms with Crippen molar-refractivity contribution in [1.82, 2.24) is 19.6 Å². The van der Waals surface area contributed by atoms with Crippen molar-refractivity contribution < 1.29 is 13.9 Å². The molecule has 2 saturated heterocycles. The lowest BCUT2D eigenvalue weighted by atomic mass is 10.1. The molecule has 1 unspecified atom stereocenters. The number of benzene rings is 1. The van der Waals surface area contributed by atoms with Gasteiger partial charge in [0.25, 0.3) is 5.91 Å². The van der Waals surface area contributed by atoms with Crippen LogP contribution in [0.5, 0.6) is 0 Å². The molecular formula is C26H28FN5O3S. The van der Waals surface area contributed by atoms with Gasteiger partial charge in [-0.25, -0.2) is 9.37 Å². The number of rotatable bonds is 5. The number of likely N-dealkylation sites (tertiary alicyclic amines) is 1. The van der Waals surface area contributed by atoms with Crippen LogP contribution < -0.4 is 15.6 Å². The molecule has 2 aliphatic heterocycles. The van der Waals surface area contributed by atoms with Crippen LogP contribution in [-0.4, -0.2) is 72.7 Å². The molecule has 0 spiro atoms. The van der Waals surface area contributed by atoms with E-state index in [1.54, 1.807) is 16.5 Å².